The second kappa shape index (κ2) is 9.47. The van der Waals surface area contributed by atoms with Crippen LogP contribution in [0.25, 0.3) is 0 Å². The summed E-state index contributed by atoms with van der Waals surface area (Å²) in [6, 6.07) is 17.6. The maximum atomic E-state index is 12.8. The van der Waals surface area contributed by atoms with E-state index >= 15 is 0 Å². The second-order valence-electron chi connectivity index (χ2n) is 7.78. The molecule has 32 heavy (non-hydrogen) atoms. The minimum atomic E-state index is -0.331. The summed E-state index contributed by atoms with van der Waals surface area (Å²) in [5, 5.41) is 6.85. The number of nitrogens with zero attached hydrogens (tertiary/aromatic N) is 2. The van der Waals surface area contributed by atoms with E-state index in [0.717, 1.165) is 23.3 Å². The van der Waals surface area contributed by atoms with Crippen LogP contribution >= 0.6 is 0 Å². The fourth-order valence-electron chi connectivity index (χ4n) is 3.33. The number of nitrogens with one attached hydrogen (secondary N) is 1. The van der Waals surface area contributed by atoms with Gasteiger partial charge in [-0.15, -0.1) is 0 Å². The Labute approximate surface area is 187 Å². The van der Waals surface area contributed by atoms with Crippen LogP contribution in [0.4, 0.5) is 5.69 Å². The van der Waals surface area contributed by atoms with Crippen LogP contribution in [0.15, 0.2) is 71.5 Å². The van der Waals surface area contributed by atoms with Crippen molar-refractivity contribution in [1.29, 1.82) is 0 Å². The van der Waals surface area contributed by atoms with Gasteiger partial charge < -0.3 is 14.6 Å². The van der Waals surface area contributed by atoms with Crippen molar-refractivity contribution in [2.75, 3.05) is 5.32 Å². The van der Waals surface area contributed by atoms with E-state index in [0.29, 0.717) is 17.0 Å². The lowest BCUT2D eigenvalue weighted by atomic mass is 10.1. The molecule has 4 aromatic rings. The lowest BCUT2D eigenvalue weighted by molar-refractivity contribution is 0.101. The Morgan fingerprint density at radius 3 is 2.38 bits per heavy atom. The molecule has 0 aliphatic heterocycles. The number of carbonyl (C=O) groups is 1. The second-order valence-corrected chi connectivity index (χ2v) is 7.78. The van der Waals surface area contributed by atoms with Crippen LogP contribution in [0.3, 0.4) is 0 Å². The molecule has 0 unspecified atom stereocenters. The summed E-state index contributed by atoms with van der Waals surface area (Å²) in [7, 11) is 0. The predicted molar refractivity (Wildman–Crippen MR) is 123 cm³/mol. The standard InChI is InChI=1S/C26H25N3O3/c1-17-4-9-23(14-18(17)2)31-16-24-19(3)32-29-25(24)26(30)28-22-7-5-20(6-8-22)15-21-10-12-27-13-11-21/h4-14H,15-16H2,1-3H3,(H,28,30). The third-order valence-electron chi connectivity index (χ3n) is 5.43. The van der Waals surface area contributed by atoms with Gasteiger partial charge in [0.25, 0.3) is 5.91 Å². The topological polar surface area (TPSA) is 77.2 Å². The average molecular weight is 428 g/mol. The zero-order valence-corrected chi connectivity index (χ0v) is 18.4. The van der Waals surface area contributed by atoms with Crippen molar-refractivity contribution in [3.63, 3.8) is 0 Å². The van der Waals surface area contributed by atoms with E-state index < -0.39 is 0 Å². The molecular formula is C26H25N3O3. The van der Waals surface area contributed by atoms with Gasteiger partial charge in [0.05, 0.1) is 5.56 Å². The summed E-state index contributed by atoms with van der Waals surface area (Å²) in [6.45, 7) is 6.06. The summed E-state index contributed by atoms with van der Waals surface area (Å²) in [5.41, 5.74) is 6.23. The van der Waals surface area contributed by atoms with Crippen LogP contribution in [-0.2, 0) is 13.0 Å². The number of pyridine rings is 1. The van der Waals surface area contributed by atoms with E-state index in [4.69, 9.17) is 9.26 Å². The first kappa shape index (κ1) is 21.3. The average Bonchev–Trinajstić information content (AvgIpc) is 3.17. The van der Waals surface area contributed by atoms with E-state index in [1.54, 1.807) is 19.3 Å². The Kier molecular flexibility index (Phi) is 6.31. The molecule has 162 valence electrons. The quantitative estimate of drug-likeness (QED) is 0.426. The van der Waals surface area contributed by atoms with Gasteiger partial charge in [0.1, 0.15) is 18.1 Å². The van der Waals surface area contributed by atoms with Gasteiger partial charge in [-0.2, -0.15) is 0 Å². The van der Waals surface area contributed by atoms with Crippen molar-refractivity contribution in [1.82, 2.24) is 10.1 Å². The highest BCUT2D eigenvalue weighted by Crippen LogP contribution is 2.21. The molecule has 0 saturated carbocycles. The molecule has 0 atom stereocenters. The molecule has 2 aromatic heterocycles. The number of rotatable bonds is 7. The van der Waals surface area contributed by atoms with Crippen LogP contribution in [-0.4, -0.2) is 16.0 Å². The number of hydrogen-bond acceptors (Lipinski definition) is 5. The lowest BCUT2D eigenvalue weighted by Gasteiger charge is -2.09. The van der Waals surface area contributed by atoms with Gasteiger partial charge >= 0.3 is 0 Å². The minimum Gasteiger partial charge on any atom is -0.489 e. The maximum Gasteiger partial charge on any atom is 0.278 e. The number of ether oxygens (including phenoxy) is 1. The predicted octanol–water partition coefficient (Wildman–Crippen LogP) is 5.42. The number of amides is 1. The summed E-state index contributed by atoms with van der Waals surface area (Å²) in [4.78, 5) is 16.9. The highest BCUT2D eigenvalue weighted by atomic mass is 16.5. The Bertz CT molecular complexity index is 1220. The van der Waals surface area contributed by atoms with Crippen LogP contribution in [0.5, 0.6) is 5.75 Å². The van der Waals surface area contributed by atoms with E-state index in [1.165, 1.54) is 11.1 Å². The molecule has 6 heteroatoms. The third-order valence-corrected chi connectivity index (χ3v) is 5.43. The van der Waals surface area contributed by atoms with Crippen LogP contribution in [0.1, 0.15) is 44.1 Å². The summed E-state index contributed by atoms with van der Waals surface area (Å²) < 4.78 is 11.2. The minimum absolute atomic E-state index is 0.200. The van der Waals surface area contributed by atoms with E-state index in [-0.39, 0.29) is 18.2 Å². The first-order valence-corrected chi connectivity index (χ1v) is 10.4. The molecule has 4 rings (SSSR count). The molecule has 0 saturated heterocycles. The van der Waals surface area contributed by atoms with Crippen molar-refractivity contribution >= 4 is 11.6 Å². The number of aromatic nitrogens is 2. The van der Waals surface area contributed by atoms with Crippen molar-refractivity contribution in [3.8, 4) is 5.75 Å². The molecule has 0 spiro atoms. The largest absolute Gasteiger partial charge is 0.489 e. The molecule has 0 fully saturated rings. The summed E-state index contributed by atoms with van der Waals surface area (Å²) in [5.74, 6) is 0.971. The first-order chi connectivity index (χ1) is 15.5. The summed E-state index contributed by atoms with van der Waals surface area (Å²) >= 11 is 0. The van der Waals surface area contributed by atoms with Crippen molar-refractivity contribution in [3.05, 3.63) is 106 Å². The van der Waals surface area contributed by atoms with E-state index in [9.17, 15) is 4.79 Å². The molecule has 2 heterocycles. The fraction of sp³-hybridized carbons (Fsp3) is 0.192. The van der Waals surface area contributed by atoms with Gasteiger partial charge in [0, 0.05) is 18.1 Å². The number of anilines is 1. The van der Waals surface area contributed by atoms with Crippen molar-refractivity contribution < 1.29 is 14.1 Å². The molecule has 2 aromatic carbocycles. The zero-order valence-electron chi connectivity index (χ0n) is 18.4. The molecule has 0 bridgehead atoms. The first-order valence-electron chi connectivity index (χ1n) is 10.4. The van der Waals surface area contributed by atoms with Crippen LogP contribution in [0, 0.1) is 20.8 Å². The molecule has 1 N–H and O–H groups in total. The SMILES string of the molecule is Cc1ccc(OCc2c(C(=O)Nc3ccc(Cc4ccncc4)cc3)noc2C)cc1C. The lowest BCUT2D eigenvalue weighted by Crippen LogP contribution is -2.15. The van der Waals surface area contributed by atoms with Gasteiger partial charge in [0.2, 0.25) is 0 Å². The Balaban J connectivity index is 1.42. The number of aryl methyl sites for hydroxylation is 3. The van der Waals surface area contributed by atoms with Gasteiger partial charge in [-0.05, 0) is 85.8 Å². The molecule has 1 amide bonds. The van der Waals surface area contributed by atoms with Crippen LogP contribution < -0.4 is 10.1 Å². The number of hydrogen-bond donors (Lipinski definition) is 1. The highest BCUT2D eigenvalue weighted by Gasteiger charge is 2.20. The molecule has 0 radical (unpaired) electrons. The zero-order chi connectivity index (χ0) is 22.5. The summed E-state index contributed by atoms with van der Waals surface area (Å²) in [6.07, 6.45) is 4.37. The maximum absolute atomic E-state index is 12.8. The Hall–Kier alpha value is -3.93. The van der Waals surface area contributed by atoms with E-state index in [1.807, 2.05) is 61.5 Å². The highest BCUT2D eigenvalue weighted by molar-refractivity contribution is 6.03. The molecule has 0 aliphatic carbocycles. The Morgan fingerprint density at radius 2 is 1.66 bits per heavy atom. The molecular weight excluding hydrogens is 402 g/mol. The van der Waals surface area contributed by atoms with E-state index in [2.05, 4.69) is 22.4 Å². The third kappa shape index (κ3) is 5.03. The van der Waals surface area contributed by atoms with Crippen molar-refractivity contribution in [2.45, 2.75) is 33.8 Å². The van der Waals surface area contributed by atoms with Crippen LogP contribution in [0.2, 0.25) is 0 Å². The van der Waals surface area contributed by atoms with Gasteiger partial charge in [-0.3, -0.25) is 9.78 Å². The monoisotopic (exact) mass is 427 g/mol. The molecule has 0 aliphatic rings. The fourth-order valence-corrected chi connectivity index (χ4v) is 3.33. The molecule has 6 nitrogen and oxygen atoms in total. The normalized spacial score (nSPS) is 10.7. The van der Waals surface area contributed by atoms with Crippen molar-refractivity contribution in [2.24, 2.45) is 0 Å². The van der Waals surface area contributed by atoms with Gasteiger partial charge in [-0.25, -0.2) is 0 Å². The van der Waals surface area contributed by atoms with Gasteiger partial charge in [-0.1, -0.05) is 23.4 Å². The number of benzene rings is 2. The Morgan fingerprint density at radius 1 is 0.938 bits per heavy atom. The number of carbonyl (C=O) groups excluding carboxylic acids is 1. The smallest absolute Gasteiger partial charge is 0.278 e. The van der Waals surface area contributed by atoms with Gasteiger partial charge in [0.15, 0.2) is 5.69 Å².